The summed E-state index contributed by atoms with van der Waals surface area (Å²) in [6.07, 6.45) is 3.36. The Kier molecular flexibility index (Phi) is 4.68. The van der Waals surface area contributed by atoms with Crippen LogP contribution in [0.2, 0.25) is 0 Å². The third-order valence-corrected chi connectivity index (χ3v) is 3.86. The molecule has 0 aliphatic carbocycles. The van der Waals surface area contributed by atoms with Gasteiger partial charge in [-0.15, -0.1) is 0 Å². The molecular formula is C15H19F2N3O3. The monoisotopic (exact) mass is 327 g/mol. The number of piperidine rings is 1. The van der Waals surface area contributed by atoms with Crippen molar-refractivity contribution < 1.29 is 23.0 Å². The first kappa shape index (κ1) is 15.6. The number of fused-ring (bicyclic) bond motifs is 1. The average Bonchev–Trinajstić information content (AvgIpc) is 2.99. The van der Waals surface area contributed by atoms with Crippen molar-refractivity contribution in [3.63, 3.8) is 0 Å². The van der Waals surface area contributed by atoms with Crippen LogP contribution in [0.25, 0.3) is 0 Å². The van der Waals surface area contributed by atoms with E-state index in [2.05, 4.69) is 9.73 Å². The molecule has 6 nitrogen and oxygen atoms in total. The first-order valence-electron chi connectivity index (χ1n) is 7.55. The Morgan fingerprint density at radius 2 is 1.91 bits per heavy atom. The lowest BCUT2D eigenvalue weighted by atomic mass is 10.1. The summed E-state index contributed by atoms with van der Waals surface area (Å²) in [6.45, 7) is -0.974. The van der Waals surface area contributed by atoms with E-state index in [9.17, 15) is 8.78 Å². The fourth-order valence-corrected chi connectivity index (χ4v) is 2.68. The molecule has 1 aromatic carbocycles. The van der Waals surface area contributed by atoms with Gasteiger partial charge in [0, 0.05) is 24.7 Å². The van der Waals surface area contributed by atoms with E-state index >= 15 is 0 Å². The third-order valence-electron chi connectivity index (χ3n) is 3.86. The second-order valence-electron chi connectivity index (χ2n) is 5.41. The first-order valence-corrected chi connectivity index (χ1v) is 7.55. The molecule has 1 fully saturated rings. The summed E-state index contributed by atoms with van der Waals surface area (Å²) in [7, 11) is 0. The Morgan fingerprint density at radius 3 is 2.61 bits per heavy atom. The highest BCUT2D eigenvalue weighted by Crippen LogP contribution is 2.39. The molecule has 0 bridgehead atoms. The number of guanidine groups is 1. The van der Waals surface area contributed by atoms with Crippen LogP contribution in [0.5, 0.6) is 17.2 Å². The van der Waals surface area contributed by atoms with Crippen LogP contribution in [-0.2, 0) is 6.54 Å². The number of likely N-dealkylation sites (tertiary alicyclic amines) is 1. The second-order valence-corrected chi connectivity index (χ2v) is 5.41. The van der Waals surface area contributed by atoms with Gasteiger partial charge in [0.15, 0.2) is 17.5 Å². The van der Waals surface area contributed by atoms with Crippen molar-refractivity contribution in [2.75, 3.05) is 19.9 Å². The van der Waals surface area contributed by atoms with Gasteiger partial charge >= 0.3 is 6.61 Å². The maximum Gasteiger partial charge on any atom is 0.387 e. The molecule has 1 aromatic rings. The Morgan fingerprint density at radius 1 is 1.22 bits per heavy atom. The molecule has 2 N–H and O–H groups in total. The summed E-state index contributed by atoms with van der Waals surface area (Å²) in [6, 6.07) is 3.00. The predicted octanol–water partition coefficient (Wildman–Crippen LogP) is 2.32. The fourth-order valence-electron chi connectivity index (χ4n) is 2.68. The summed E-state index contributed by atoms with van der Waals surface area (Å²) in [5, 5.41) is 0. The number of nitrogens with zero attached hydrogens (tertiary/aromatic N) is 2. The Hall–Kier alpha value is -2.25. The minimum absolute atomic E-state index is 0.0273. The third kappa shape index (κ3) is 3.75. The molecule has 3 rings (SSSR count). The zero-order chi connectivity index (χ0) is 16.2. The van der Waals surface area contributed by atoms with Crippen LogP contribution in [0.3, 0.4) is 0 Å². The van der Waals surface area contributed by atoms with Crippen molar-refractivity contribution in [1.82, 2.24) is 4.90 Å². The molecule has 8 heteroatoms. The van der Waals surface area contributed by atoms with Crippen molar-refractivity contribution in [3.8, 4) is 17.2 Å². The molecule has 0 amide bonds. The van der Waals surface area contributed by atoms with E-state index in [-0.39, 0.29) is 19.1 Å². The van der Waals surface area contributed by atoms with E-state index in [1.165, 1.54) is 12.5 Å². The van der Waals surface area contributed by atoms with Gasteiger partial charge in [0.05, 0.1) is 6.54 Å². The van der Waals surface area contributed by atoms with Crippen LogP contribution in [0.15, 0.2) is 17.1 Å². The lowest BCUT2D eigenvalue weighted by molar-refractivity contribution is -0.0505. The van der Waals surface area contributed by atoms with E-state index in [4.69, 9.17) is 15.2 Å². The molecule has 23 heavy (non-hydrogen) atoms. The van der Waals surface area contributed by atoms with Gasteiger partial charge in [-0.25, -0.2) is 4.99 Å². The normalized spacial score (nSPS) is 17.7. The number of alkyl halides is 2. The summed E-state index contributed by atoms with van der Waals surface area (Å²) in [4.78, 5) is 6.31. The van der Waals surface area contributed by atoms with Crippen LogP contribution < -0.4 is 19.9 Å². The van der Waals surface area contributed by atoms with Crippen molar-refractivity contribution >= 4 is 5.96 Å². The molecule has 0 atom stereocenters. The minimum atomic E-state index is -2.92. The van der Waals surface area contributed by atoms with Gasteiger partial charge < -0.3 is 24.8 Å². The highest BCUT2D eigenvalue weighted by molar-refractivity contribution is 5.78. The zero-order valence-electron chi connectivity index (χ0n) is 12.6. The summed E-state index contributed by atoms with van der Waals surface area (Å²) in [5.41, 5.74) is 6.47. The summed E-state index contributed by atoms with van der Waals surface area (Å²) < 4.78 is 40.2. The van der Waals surface area contributed by atoms with E-state index in [1.54, 1.807) is 6.07 Å². The molecule has 0 unspecified atom stereocenters. The van der Waals surface area contributed by atoms with Gasteiger partial charge in [0.1, 0.15) is 5.75 Å². The van der Waals surface area contributed by atoms with Crippen molar-refractivity contribution in [2.45, 2.75) is 32.4 Å². The first-order chi connectivity index (χ1) is 11.1. The maximum atomic E-state index is 12.6. The molecule has 0 spiro atoms. The van der Waals surface area contributed by atoms with Crippen LogP contribution >= 0.6 is 0 Å². The highest BCUT2D eigenvalue weighted by Gasteiger charge is 2.20. The molecule has 0 aromatic heterocycles. The predicted molar refractivity (Wildman–Crippen MR) is 79.9 cm³/mol. The van der Waals surface area contributed by atoms with Crippen molar-refractivity contribution in [3.05, 3.63) is 17.7 Å². The number of aliphatic imine (C=N–C) groups is 1. The van der Waals surface area contributed by atoms with Gasteiger partial charge in [-0.05, 0) is 25.3 Å². The number of ether oxygens (including phenoxy) is 3. The van der Waals surface area contributed by atoms with Gasteiger partial charge in [0.25, 0.3) is 0 Å². The van der Waals surface area contributed by atoms with Gasteiger partial charge in [-0.2, -0.15) is 8.78 Å². The van der Waals surface area contributed by atoms with Crippen LogP contribution in [0, 0.1) is 0 Å². The zero-order valence-corrected chi connectivity index (χ0v) is 12.6. The lowest BCUT2D eigenvalue weighted by Gasteiger charge is -2.27. The standard InChI is InChI=1S/C15H19F2N3O3/c16-14(17)23-11-7-13-12(21-9-22-13)6-10(11)8-19-15(18)20-4-2-1-3-5-20/h6-7,14H,1-5,8-9H2,(H2,18,19). The quantitative estimate of drug-likeness (QED) is 0.679. The molecule has 2 aliphatic heterocycles. The molecular weight excluding hydrogens is 308 g/mol. The van der Waals surface area contributed by atoms with E-state index in [0.717, 1.165) is 25.9 Å². The highest BCUT2D eigenvalue weighted by atomic mass is 19.3. The number of hydrogen-bond donors (Lipinski definition) is 1. The number of rotatable bonds is 4. The van der Waals surface area contributed by atoms with Gasteiger partial charge in [-0.3, -0.25) is 0 Å². The number of nitrogens with two attached hydrogens (primary N) is 1. The maximum absolute atomic E-state index is 12.6. The van der Waals surface area contributed by atoms with Gasteiger partial charge in [0.2, 0.25) is 6.79 Å². The molecule has 0 saturated carbocycles. The SMILES string of the molecule is NC(=NCc1cc2c(cc1OC(F)F)OCO2)N1CCCCC1. The second kappa shape index (κ2) is 6.89. The topological polar surface area (TPSA) is 69.3 Å². The molecule has 0 radical (unpaired) electrons. The van der Waals surface area contributed by atoms with E-state index in [1.807, 2.05) is 4.90 Å². The molecule has 126 valence electrons. The summed E-state index contributed by atoms with van der Waals surface area (Å²) >= 11 is 0. The Bertz CT molecular complexity index is 590. The van der Waals surface area contributed by atoms with Crippen LogP contribution in [0.1, 0.15) is 24.8 Å². The largest absolute Gasteiger partial charge is 0.454 e. The average molecular weight is 327 g/mol. The molecule has 2 aliphatic rings. The Labute approximate surface area is 132 Å². The smallest absolute Gasteiger partial charge is 0.387 e. The van der Waals surface area contributed by atoms with E-state index in [0.29, 0.717) is 23.0 Å². The van der Waals surface area contributed by atoms with Crippen molar-refractivity contribution in [2.24, 2.45) is 10.7 Å². The van der Waals surface area contributed by atoms with E-state index < -0.39 is 6.61 Å². The minimum Gasteiger partial charge on any atom is -0.454 e. The van der Waals surface area contributed by atoms with Crippen LogP contribution in [0.4, 0.5) is 8.78 Å². The lowest BCUT2D eigenvalue weighted by Crippen LogP contribution is -2.40. The molecule has 1 saturated heterocycles. The van der Waals surface area contributed by atoms with Crippen molar-refractivity contribution in [1.29, 1.82) is 0 Å². The number of halogens is 2. The van der Waals surface area contributed by atoms with Crippen LogP contribution in [-0.4, -0.2) is 37.4 Å². The fraction of sp³-hybridized carbons (Fsp3) is 0.533. The number of hydrogen-bond acceptors (Lipinski definition) is 4. The number of benzene rings is 1. The summed E-state index contributed by atoms with van der Waals surface area (Å²) in [5.74, 6) is 1.33. The van der Waals surface area contributed by atoms with Gasteiger partial charge in [-0.1, -0.05) is 0 Å². The molecule has 2 heterocycles. The Balaban J connectivity index is 1.77.